The number of piperidine rings is 1. The van der Waals surface area contributed by atoms with Crippen LogP contribution in [0.4, 0.5) is 0 Å². The van der Waals surface area contributed by atoms with E-state index < -0.39 is 0 Å². The van der Waals surface area contributed by atoms with Crippen molar-refractivity contribution in [3.63, 3.8) is 0 Å². The molecule has 0 aliphatic carbocycles. The zero-order valence-electron chi connectivity index (χ0n) is 12.5. The van der Waals surface area contributed by atoms with E-state index >= 15 is 0 Å². The predicted molar refractivity (Wildman–Crippen MR) is 79.2 cm³/mol. The summed E-state index contributed by atoms with van der Waals surface area (Å²) >= 11 is 0. The molecule has 0 spiro atoms. The van der Waals surface area contributed by atoms with E-state index in [2.05, 4.69) is 64.2 Å². The Labute approximate surface area is 112 Å². The summed E-state index contributed by atoms with van der Waals surface area (Å²) in [5.41, 5.74) is 3.59. The van der Waals surface area contributed by atoms with Gasteiger partial charge in [-0.3, -0.25) is 0 Å². The summed E-state index contributed by atoms with van der Waals surface area (Å²) in [6, 6.07) is 9.26. The molecule has 1 aliphatic heterocycles. The highest BCUT2D eigenvalue weighted by molar-refractivity contribution is 5.30. The van der Waals surface area contributed by atoms with Gasteiger partial charge in [0.2, 0.25) is 0 Å². The third-order valence-electron chi connectivity index (χ3n) is 4.04. The number of nitrogens with one attached hydrogen (secondary N) is 1. The molecule has 1 atom stereocenters. The van der Waals surface area contributed by atoms with Crippen LogP contribution in [0.15, 0.2) is 24.3 Å². The lowest BCUT2D eigenvalue weighted by molar-refractivity contribution is 0.240. The van der Waals surface area contributed by atoms with Crippen molar-refractivity contribution >= 4 is 0 Å². The molecule has 0 bridgehead atoms. The van der Waals surface area contributed by atoms with Crippen molar-refractivity contribution in [2.24, 2.45) is 5.41 Å². The van der Waals surface area contributed by atoms with E-state index in [0.717, 1.165) is 13.1 Å². The maximum Gasteiger partial charge on any atom is 0.00205 e. The molecule has 1 heterocycles. The van der Waals surface area contributed by atoms with Gasteiger partial charge >= 0.3 is 0 Å². The molecule has 2 rings (SSSR count). The molecule has 1 nitrogen and oxygen atoms in total. The zero-order valence-corrected chi connectivity index (χ0v) is 12.5. The fraction of sp³-hybridized carbons (Fsp3) is 0.647. The van der Waals surface area contributed by atoms with Crippen LogP contribution in [0, 0.1) is 5.41 Å². The first kappa shape index (κ1) is 13.6. The van der Waals surface area contributed by atoms with Crippen molar-refractivity contribution in [1.29, 1.82) is 0 Å². The van der Waals surface area contributed by atoms with E-state index in [9.17, 15) is 0 Å². The van der Waals surface area contributed by atoms with Crippen LogP contribution in [0.3, 0.4) is 0 Å². The standard InChI is InChI=1S/C17H27N/c1-16(2,3)15-8-6-13(7-9-15)14-10-17(4,5)12-18-11-14/h6-9,14,18H,10-12H2,1-5H3. The molecule has 1 aromatic rings. The minimum Gasteiger partial charge on any atom is -0.316 e. The van der Waals surface area contributed by atoms with Gasteiger partial charge in [-0.2, -0.15) is 0 Å². The van der Waals surface area contributed by atoms with E-state index in [-0.39, 0.29) is 5.41 Å². The molecule has 0 saturated carbocycles. The number of benzene rings is 1. The molecular formula is C17H27N. The van der Waals surface area contributed by atoms with Gasteiger partial charge in [0.25, 0.3) is 0 Å². The number of hydrogen-bond donors (Lipinski definition) is 1. The van der Waals surface area contributed by atoms with Gasteiger partial charge in [-0.1, -0.05) is 58.9 Å². The lowest BCUT2D eigenvalue weighted by atomic mass is 9.76. The van der Waals surface area contributed by atoms with Crippen LogP contribution in [-0.2, 0) is 5.41 Å². The van der Waals surface area contributed by atoms with E-state index in [1.165, 1.54) is 17.5 Å². The zero-order chi connectivity index (χ0) is 13.4. The summed E-state index contributed by atoms with van der Waals surface area (Å²) in [5, 5.41) is 3.57. The summed E-state index contributed by atoms with van der Waals surface area (Å²) in [4.78, 5) is 0. The topological polar surface area (TPSA) is 12.0 Å². The van der Waals surface area contributed by atoms with Gasteiger partial charge in [0.05, 0.1) is 0 Å². The average Bonchev–Trinajstić information content (AvgIpc) is 2.27. The highest BCUT2D eigenvalue weighted by Gasteiger charge is 2.28. The highest BCUT2D eigenvalue weighted by Crippen LogP contribution is 2.34. The van der Waals surface area contributed by atoms with Crippen LogP contribution in [0.5, 0.6) is 0 Å². The summed E-state index contributed by atoms with van der Waals surface area (Å²) in [5.74, 6) is 0.669. The Bertz CT molecular complexity index is 395. The summed E-state index contributed by atoms with van der Waals surface area (Å²) < 4.78 is 0. The van der Waals surface area contributed by atoms with Gasteiger partial charge in [0.15, 0.2) is 0 Å². The Kier molecular flexibility index (Phi) is 3.55. The van der Waals surface area contributed by atoms with Gasteiger partial charge in [0.1, 0.15) is 0 Å². The van der Waals surface area contributed by atoms with Crippen molar-refractivity contribution < 1.29 is 0 Å². The predicted octanol–water partition coefficient (Wildman–Crippen LogP) is 4.09. The van der Waals surface area contributed by atoms with Crippen LogP contribution in [-0.4, -0.2) is 13.1 Å². The molecule has 100 valence electrons. The van der Waals surface area contributed by atoms with Gasteiger partial charge in [0, 0.05) is 13.1 Å². The monoisotopic (exact) mass is 245 g/mol. The van der Waals surface area contributed by atoms with Gasteiger partial charge in [-0.25, -0.2) is 0 Å². The second-order valence-corrected chi connectivity index (χ2v) is 7.57. The Morgan fingerprint density at radius 3 is 2.22 bits per heavy atom. The Morgan fingerprint density at radius 2 is 1.72 bits per heavy atom. The third kappa shape index (κ3) is 3.14. The van der Waals surface area contributed by atoms with Crippen LogP contribution in [0.2, 0.25) is 0 Å². The average molecular weight is 245 g/mol. The highest BCUT2D eigenvalue weighted by atomic mass is 14.9. The molecular weight excluding hydrogens is 218 g/mol. The molecule has 0 radical (unpaired) electrons. The maximum absolute atomic E-state index is 3.57. The van der Waals surface area contributed by atoms with E-state index in [1.54, 1.807) is 0 Å². The first-order chi connectivity index (χ1) is 8.28. The van der Waals surface area contributed by atoms with E-state index in [1.807, 2.05) is 0 Å². The quantitative estimate of drug-likeness (QED) is 0.786. The molecule has 0 amide bonds. The largest absolute Gasteiger partial charge is 0.316 e. The second kappa shape index (κ2) is 4.70. The van der Waals surface area contributed by atoms with E-state index in [4.69, 9.17) is 0 Å². The lowest BCUT2D eigenvalue weighted by Crippen LogP contribution is -2.40. The molecule has 18 heavy (non-hydrogen) atoms. The van der Waals surface area contributed by atoms with Gasteiger partial charge < -0.3 is 5.32 Å². The minimum atomic E-state index is 0.253. The van der Waals surface area contributed by atoms with Gasteiger partial charge in [-0.15, -0.1) is 0 Å². The molecule has 1 aliphatic rings. The summed E-state index contributed by atoms with van der Waals surface area (Å²) in [6.07, 6.45) is 1.29. The second-order valence-electron chi connectivity index (χ2n) is 7.57. The molecule has 1 fully saturated rings. The van der Waals surface area contributed by atoms with Crippen molar-refractivity contribution in [2.75, 3.05) is 13.1 Å². The van der Waals surface area contributed by atoms with Crippen LogP contribution >= 0.6 is 0 Å². The Balaban J connectivity index is 2.15. The van der Waals surface area contributed by atoms with E-state index in [0.29, 0.717) is 11.3 Å². The fourth-order valence-electron chi connectivity index (χ4n) is 2.89. The van der Waals surface area contributed by atoms with Crippen molar-refractivity contribution in [1.82, 2.24) is 5.32 Å². The number of hydrogen-bond acceptors (Lipinski definition) is 1. The fourth-order valence-corrected chi connectivity index (χ4v) is 2.89. The molecule has 1 saturated heterocycles. The molecule has 1 N–H and O–H groups in total. The summed E-state index contributed by atoms with van der Waals surface area (Å²) in [6.45, 7) is 13.8. The normalized spacial score (nSPS) is 23.9. The van der Waals surface area contributed by atoms with Crippen LogP contribution in [0.25, 0.3) is 0 Å². The van der Waals surface area contributed by atoms with Crippen molar-refractivity contribution in [3.8, 4) is 0 Å². The van der Waals surface area contributed by atoms with Crippen LogP contribution < -0.4 is 5.32 Å². The maximum atomic E-state index is 3.57. The first-order valence-corrected chi connectivity index (χ1v) is 7.09. The molecule has 1 unspecified atom stereocenters. The molecule has 1 aromatic carbocycles. The smallest absolute Gasteiger partial charge is 0.00205 e. The summed E-state index contributed by atoms with van der Waals surface area (Å²) in [7, 11) is 0. The Morgan fingerprint density at radius 1 is 1.11 bits per heavy atom. The SMILES string of the molecule is CC1(C)CNCC(c2ccc(C(C)(C)C)cc2)C1. The minimum absolute atomic E-state index is 0.253. The van der Waals surface area contributed by atoms with Crippen molar-refractivity contribution in [2.45, 2.75) is 52.4 Å². The third-order valence-corrected chi connectivity index (χ3v) is 4.04. The molecule has 1 heteroatoms. The van der Waals surface area contributed by atoms with Crippen LogP contribution in [0.1, 0.15) is 58.1 Å². The van der Waals surface area contributed by atoms with Gasteiger partial charge in [-0.05, 0) is 34.3 Å². The van der Waals surface area contributed by atoms with Crippen molar-refractivity contribution in [3.05, 3.63) is 35.4 Å². The first-order valence-electron chi connectivity index (χ1n) is 7.09. The molecule has 0 aromatic heterocycles. The Hall–Kier alpha value is -0.820. The lowest BCUT2D eigenvalue weighted by Gasteiger charge is -2.36. The number of rotatable bonds is 1.